The molecule has 31 heavy (non-hydrogen) atoms. The lowest BCUT2D eigenvalue weighted by molar-refractivity contribution is -0.116. The van der Waals surface area contributed by atoms with Crippen molar-refractivity contribution in [1.29, 1.82) is 0 Å². The Balaban J connectivity index is 1.49. The summed E-state index contributed by atoms with van der Waals surface area (Å²) in [7, 11) is 1.71. The Morgan fingerprint density at radius 2 is 1.81 bits per heavy atom. The number of para-hydroxylation sites is 4. The molecule has 1 amide bonds. The fraction of sp³-hybridized carbons (Fsp3) is 0.136. The second-order valence-corrected chi connectivity index (χ2v) is 7.66. The van der Waals surface area contributed by atoms with Crippen molar-refractivity contribution in [3.63, 3.8) is 0 Å². The summed E-state index contributed by atoms with van der Waals surface area (Å²) >= 11 is 12.0. The zero-order valence-electron chi connectivity index (χ0n) is 16.5. The zero-order valence-corrected chi connectivity index (χ0v) is 18.0. The van der Waals surface area contributed by atoms with E-state index in [0.717, 1.165) is 11.0 Å². The lowest BCUT2D eigenvalue weighted by Crippen LogP contribution is -2.24. The standard InChI is InChI=1S/C22H18Cl2N4O3/c1-27-17-7-3-4-8-18(17)28(22(27)30)11-10-20(29)26-16-6-2-5-9-19(16)31-21-15(24)12-14(23)13-25-21/h2-9,12-13H,10-11H2,1H3,(H,26,29). The first-order valence-electron chi connectivity index (χ1n) is 9.46. The number of nitrogens with zero attached hydrogens (tertiary/aromatic N) is 3. The molecular weight excluding hydrogens is 439 g/mol. The van der Waals surface area contributed by atoms with Crippen molar-refractivity contribution in [2.45, 2.75) is 13.0 Å². The van der Waals surface area contributed by atoms with Crippen molar-refractivity contribution >= 4 is 45.8 Å². The number of nitrogens with one attached hydrogen (secondary N) is 1. The maximum Gasteiger partial charge on any atom is 0.328 e. The minimum atomic E-state index is -0.258. The molecule has 2 heterocycles. The Bertz CT molecular complexity index is 1330. The van der Waals surface area contributed by atoms with Gasteiger partial charge in [-0.3, -0.25) is 13.9 Å². The molecule has 0 atom stereocenters. The number of carbonyl (C=O) groups is 1. The molecule has 0 radical (unpaired) electrons. The zero-order chi connectivity index (χ0) is 22.0. The van der Waals surface area contributed by atoms with Gasteiger partial charge in [-0.05, 0) is 30.3 Å². The maximum atomic E-state index is 12.6. The van der Waals surface area contributed by atoms with Crippen LogP contribution in [0.4, 0.5) is 5.69 Å². The summed E-state index contributed by atoms with van der Waals surface area (Å²) in [5.74, 6) is 0.302. The molecule has 9 heteroatoms. The van der Waals surface area contributed by atoms with Gasteiger partial charge >= 0.3 is 5.69 Å². The lowest BCUT2D eigenvalue weighted by atomic mass is 10.2. The van der Waals surface area contributed by atoms with Crippen LogP contribution in [0.1, 0.15) is 6.42 Å². The second-order valence-electron chi connectivity index (χ2n) is 6.82. The van der Waals surface area contributed by atoms with Crippen LogP contribution in [0.15, 0.2) is 65.6 Å². The van der Waals surface area contributed by atoms with E-state index in [-0.39, 0.29) is 35.5 Å². The third-order valence-corrected chi connectivity index (χ3v) is 5.23. The molecule has 158 valence electrons. The summed E-state index contributed by atoms with van der Waals surface area (Å²) in [4.78, 5) is 29.2. The highest BCUT2D eigenvalue weighted by Crippen LogP contribution is 2.33. The maximum absolute atomic E-state index is 12.6. The molecule has 0 saturated heterocycles. The normalized spacial score (nSPS) is 10.9. The van der Waals surface area contributed by atoms with Gasteiger partial charge in [-0.25, -0.2) is 9.78 Å². The largest absolute Gasteiger partial charge is 0.435 e. The molecule has 0 aliphatic heterocycles. The van der Waals surface area contributed by atoms with Crippen LogP contribution < -0.4 is 15.7 Å². The number of imidazole rings is 1. The molecular formula is C22H18Cl2N4O3. The summed E-state index contributed by atoms with van der Waals surface area (Å²) in [5.41, 5.74) is 1.90. The summed E-state index contributed by atoms with van der Waals surface area (Å²) in [5, 5.41) is 3.47. The number of benzene rings is 2. The summed E-state index contributed by atoms with van der Waals surface area (Å²) in [6.07, 6.45) is 1.54. The van der Waals surface area contributed by atoms with E-state index in [2.05, 4.69) is 10.3 Å². The number of hydrogen-bond donors (Lipinski definition) is 1. The third kappa shape index (κ3) is 4.42. The van der Waals surface area contributed by atoms with Crippen LogP contribution in [0, 0.1) is 0 Å². The van der Waals surface area contributed by atoms with Gasteiger partial charge in [0, 0.05) is 26.2 Å². The van der Waals surface area contributed by atoms with Gasteiger partial charge in [0.2, 0.25) is 11.8 Å². The van der Waals surface area contributed by atoms with Crippen LogP contribution in [-0.4, -0.2) is 20.0 Å². The minimum Gasteiger partial charge on any atom is -0.435 e. The van der Waals surface area contributed by atoms with E-state index in [1.54, 1.807) is 40.4 Å². The summed E-state index contributed by atoms with van der Waals surface area (Å²) in [6, 6.07) is 15.9. The molecule has 7 nitrogen and oxygen atoms in total. The first-order valence-corrected chi connectivity index (χ1v) is 10.2. The molecule has 1 N–H and O–H groups in total. The van der Waals surface area contributed by atoms with E-state index in [0.29, 0.717) is 16.5 Å². The number of carbonyl (C=O) groups excluding carboxylic acids is 1. The SMILES string of the molecule is Cn1c(=O)n(CCC(=O)Nc2ccccc2Oc2ncc(Cl)cc2Cl)c2ccccc21. The van der Waals surface area contributed by atoms with E-state index < -0.39 is 0 Å². The Morgan fingerprint density at radius 3 is 2.58 bits per heavy atom. The second kappa shape index (κ2) is 8.83. The Hall–Kier alpha value is -3.29. The van der Waals surface area contributed by atoms with Gasteiger partial charge < -0.3 is 10.1 Å². The third-order valence-electron chi connectivity index (χ3n) is 4.76. The van der Waals surface area contributed by atoms with E-state index in [9.17, 15) is 9.59 Å². The Morgan fingerprint density at radius 1 is 1.10 bits per heavy atom. The molecule has 4 aromatic rings. The molecule has 0 unspecified atom stereocenters. The molecule has 4 rings (SSSR count). The van der Waals surface area contributed by atoms with Crippen molar-refractivity contribution in [3.8, 4) is 11.6 Å². The van der Waals surface area contributed by atoms with Gasteiger partial charge in [0.05, 0.1) is 21.7 Å². The van der Waals surface area contributed by atoms with Crippen molar-refractivity contribution in [1.82, 2.24) is 14.1 Å². The van der Waals surface area contributed by atoms with Crippen molar-refractivity contribution < 1.29 is 9.53 Å². The number of aryl methyl sites for hydroxylation is 2. The van der Waals surface area contributed by atoms with E-state index in [4.69, 9.17) is 27.9 Å². The van der Waals surface area contributed by atoms with Crippen LogP contribution in [0.3, 0.4) is 0 Å². The smallest absolute Gasteiger partial charge is 0.328 e. The first kappa shape index (κ1) is 21.0. The van der Waals surface area contributed by atoms with Gasteiger partial charge in [-0.2, -0.15) is 0 Å². The molecule has 2 aromatic carbocycles. The molecule has 0 saturated carbocycles. The average molecular weight is 457 g/mol. The topological polar surface area (TPSA) is 78.2 Å². The van der Waals surface area contributed by atoms with E-state index >= 15 is 0 Å². The molecule has 0 spiro atoms. The van der Waals surface area contributed by atoms with E-state index in [1.165, 1.54) is 12.3 Å². The molecule has 0 aliphatic rings. The van der Waals surface area contributed by atoms with Gasteiger partial charge in [0.1, 0.15) is 5.02 Å². The molecule has 0 aliphatic carbocycles. The van der Waals surface area contributed by atoms with Crippen molar-refractivity contribution in [3.05, 3.63) is 81.3 Å². The Kier molecular flexibility index (Phi) is 5.97. The number of amides is 1. The van der Waals surface area contributed by atoms with Crippen molar-refractivity contribution in [2.75, 3.05) is 5.32 Å². The van der Waals surface area contributed by atoms with Crippen LogP contribution >= 0.6 is 23.2 Å². The van der Waals surface area contributed by atoms with Crippen LogP contribution in [0.5, 0.6) is 11.6 Å². The monoisotopic (exact) mass is 456 g/mol. The number of fused-ring (bicyclic) bond motifs is 1. The number of hydrogen-bond acceptors (Lipinski definition) is 4. The molecule has 0 bridgehead atoms. The summed E-state index contributed by atoms with van der Waals surface area (Å²) in [6.45, 7) is 0.250. The quantitative estimate of drug-likeness (QED) is 0.449. The number of ether oxygens (including phenoxy) is 1. The number of pyridine rings is 1. The van der Waals surface area contributed by atoms with Crippen LogP contribution in [-0.2, 0) is 18.4 Å². The minimum absolute atomic E-state index is 0.113. The average Bonchev–Trinajstić information content (AvgIpc) is 3.00. The fourth-order valence-corrected chi connectivity index (χ4v) is 3.66. The van der Waals surface area contributed by atoms with Gasteiger partial charge in [0.15, 0.2) is 5.75 Å². The lowest BCUT2D eigenvalue weighted by Gasteiger charge is -2.12. The predicted molar refractivity (Wildman–Crippen MR) is 121 cm³/mol. The number of rotatable bonds is 6. The molecule has 2 aromatic heterocycles. The van der Waals surface area contributed by atoms with Crippen LogP contribution in [0.2, 0.25) is 10.0 Å². The van der Waals surface area contributed by atoms with Gasteiger partial charge in [-0.15, -0.1) is 0 Å². The van der Waals surface area contributed by atoms with Crippen LogP contribution in [0.25, 0.3) is 11.0 Å². The van der Waals surface area contributed by atoms with E-state index in [1.807, 2.05) is 24.3 Å². The summed E-state index contributed by atoms with van der Waals surface area (Å²) < 4.78 is 8.92. The number of anilines is 1. The number of aromatic nitrogens is 3. The highest BCUT2D eigenvalue weighted by atomic mass is 35.5. The molecule has 0 fully saturated rings. The first-order chi connectivity index (χ1) is 14.9. The predicted octanol–water partition coefficient (Wildman–Crippen LogP) is 4.86. The Labute approximate surface area is 187 Å². The fourth-order valence-electron chi connectivity index (χ4n) is 3.25. The number of halogens is 2. The highest BCUT2D eigenvalue weighted by molar-refractivity contribution is 6.35. The van der Waals surface area contributed by atoms with Gasteiger partial charge in [-0.1, -0.05) is 47.5 Å². The van der Waals surface area contributed by atoms with Crippen molar-refractivity contribution in [2.24, 2.45) is 7.05 Å². The highest BCUT2D eigenvalue weighted by Gasteiger charge is 2.14. The van der Waals surface area contributed by atoms with Gasteiger partial charge in [0.25, 0.3) is 0 Å².